The monoisotopic (exact) mass is 450 g/mol. The maximum Gasteiger partial charge on any atom is 0.259 e. The molecule has 8 heteroatoms. The summed E-state index contributed by atoms with van der Waals surface area (Å²) in [5.41, 5.74) is 0.363. The Morgan fingerprint density at radius 1 is 1.16 bits per heavy atom. The lowest BCUT2D eigenvalue weighted by Crippen LogP contribution is -2.45. The second kappa shape index (κ2) is 8.67. The van der Waals surface area contributed by atoms with Crippen molar-refractivity contribution in [1.82, 2.24) is 9.21 Å². The van der Waals surface area contributed by atoms with Gasteiger partial charge in [-0.1, -0.05) is 25.1 Å². The van der Waals surface area contributed by atoms with E-state index in [1.54, 1.807) is 44.2 Å². The number of hydrogen-bond acceptors (Lipinski definition) is 3. The summed E-state index contributed by atoms with van der Waals surface area (Å²) in [7, 11) is -3.85. The van der Waals surface area contributed by atoms with E-state index in [-0.39, 0.29) is 23.8 Å². The van der Waals surface area contributed by atoms with Crippen molar-refractivity contribution >= 4 is 15.9 Å². The second-order valence-electron chi connectivity index (χ2n) is 8.32. The molecule has 1 aliphatic heterocycles. The molecule has 168 valence electrons. The van der Waals surface area contributed by atoms with Crippen LogP contribution in [-0.2, 0) is 27.8 Å². The molecule has 0 aromatic heterocycles. The van der Waals surface area contributed by atoms with Crippen molar-refractivity contribution in [3.63, 3.8) is 0 Å². The molecule has 0 bridgehead atoms. The minimum atomic E-state index is -3.85. The summed E-state index contributed by atoms with van der Waals surface area (Å²) in [6, 6.07) is 10.2. The Labute approximate surface area is 182 Å². The van der Waals surface area contributed by atoms with Gasteiger partial charge in [0, 0.05) is 25.7 Å². The molecule has 31 heavy (non-hydrogen) atoms. The standard InChI is InChI=1S/C23H28F2N2O3S/c1-5-27(16(2)17-6-9-20(24)10-7-17)31(29,30)21-11-8-18-12-13-26(15-19(18)14-21)22(28)23(3,4)25/h6-11,14,16H,5,12-13,15H2,1-4H3/t16-/m0/s1. The molecule has 0 spiro atoms. The molecule has 1 amide bonds. The summed E-state index contributed by atoms with van der Waals surface area (Å²) < 4.78 is 55.6. The molecular weight excluding hydrogens is 422 g/mol. The van der Waals surface area contributed by atoms with Crippen molar-refractivity contribution in [3.8, 4) is 0 Å². The van der Waals surface area contributed by atoms with E-state index in [1.807, 2.05) is 0 Å². The van der Waals surface area contributed by atoms with Gasteiger partial charge in [0.15, 0.2) is 5.67 Å². The molecule has 0 fully saturated rings. The van der Waals surface area contributed by atoms with Gasteiger partial charge < -0.3 is 4.90 Å². The third-order valence-corrected chi connectivity index (χ3v) is 7.73. The normalized spacial score (nSPS) is 15.6. The SMILES string of the molecule is CCN([C@@H](C)c1ccc(F)cc1)S(=O)(=O)c1ccc2c(c1)CN(C(=O)C(C)(C)F)CC2. The molecular formula is C23H28F2N2O3S. The summed E-state index contributed by atoms with van der Waals surface area (Å²) in [6.07, 6.45) is 0.543. The van der Waals surface area contributed by atoms with Crippen molar-refractivity contribution in [3.05, 3.63) is 65.0 Å². The van der Waals surface area contributed by atoms with Crippen LogP contribution in [0.25, 0.3) is 0 Å². The summed E-state index contributed by atoms with van der Waals surface area (Å²) in [5.74, 6) is -0.987. The van der Waals surface area contributed by atoms with Gasteiger partial charge in [-0.2, -0.15) is 4.31 Å². The third-order valence-electron chi connectivity index (χ3n) is 5.69. The van der Waals surface area contributed by atoms with Crippen LogP contribution in [0.4, 0.5) is 8.78 Å². The number of carbonyl (C=O) groups is 1. The fourth-order valence-corrected chi connectivity index (χ4v) is 5.62. The number of nitrogens with zero attached hydrogens (tertiary/aromatic N) is 2. The highest BCUT2D eigenvalue weighted by Crippen LogP contribution is 2.30. The average molecular weight is 451 g/mol. The van der Waals surface area contributed by atoms with E-state index in [9.17, 15) is 22.0 Å². The number of carbonyl (C=O) groups excluding carboxylic acids is 1. The molecule has 2 aromatic rings. The van der Waals surface area contributed by atoms with E-state index in [0.717, 1.165) is 5.56 Å². The summed E-state index contributed by atoms with van der Waals surface area (Å²) >= 11 is 0. The van der Waals surface area contributed by atoms with Crippen LogP contribution in [0.15, 0.2) is 47.4 Å². The van der Waals surface area contributed by atoms with Gasteiger partial charge in [-0.3, -0.25) is 4.79 Å². The lowest BCUT2D eigenvalue weighted by Gasteiger charge is -2.33. The zero-order chi connectivity index (χ0) is 23.0. The zero-order valence-corrected chi connectivity index (χ0v) is 19.0. The first kappa shape index (κ1) is 23.3. The zero-order valence-electron chi connectivity index (χ0n) is 18.2. The van der Waals surface area contributed by atoms with Crippen molar-refractivity contribution < 1.29 is 22.0 Å². The molecule has 0 aliphatic carbocycles. The highest BCUT2D eigenvalue weighted by molar-refractivity contribution is 7.89. The molecule has 1 aliphatic rings. The first-order valence-electron chi connectivity index (χ1n) is 10.3. The second-order valence-corrected chi connectivity index (χ2v) is 10.2. The van der Waals surface area contributed by atoms with Crippen LogP contribution < -0.4 is 0 Å². The number of benzene rings is 2. The number of halogens is 2. The van der Waals surface area contributed by atoms with Gasteiger partial charge in [-0.05, 0) is 68.1 Å². The molecule has 0 N–H and O–H groups in total. The van der Waals surface area contributed by atoms with E-state index in [4.69, 9.17) is 0 Å². The predicted molar refractivity (Wildman–Crippen MR) is 115 cm³/mol. The van der Waals surface area contributed by atoms with Crippen molar-refractivity contribution in [2.45, 2.75) is 57.3 Å². The van der Waals surface area contributed by atoms with Gasteiger partial charge in [-0.25, -0.2) is 17.2 Å². The van der Waals surface area contributed by atoms with E-state index in [0.29, 0.717) is 24.1 Å². The van der Waals surface area contributed by atoms with Crippen molar-refractivity contribution in [1.29, 1.82) is 0 Å². The number of fused-ring (bicyclic) bond motifs is 1. The van der Waals surface area contributed by atoms with Crippen LogP contribution in [-0.4, -0.2) is 42.3 Å². The predicted octanol–water partition coefficient (Wildman–Crippen LogP) is 4.23. The van der Waals surface area contributed by atoms with E-state index in [2.05, 4.69) is 0 Å². The number of hydrogen-bond donors (Lipinski definition) is 0. The molecule has 0 radical (unpaired) electrons. The smallest absolute Gasteiger partial charge is 0.259 e. The molecule has 1 heterocycles. The highest BCUT2D eigenvalue weighted by atomic mass is 32.2. The van der Waals surface area contributed by atoms with Crippen LogP contribution in [0.3, 0.4) is 0 Å². The van der Waals surface area contributed by atoms with E-state index in [1.165, 1.54) is 35.2 Å². The lowest BCUT2D eigenvalue weighted by molar-refractivity contribution is -0.142. The van der Waals surface area contributed by atoms with Crippen LogP contribution >= 0.6 is 0 Å². The molecule has 0 saturated heterocycles. The number of sulfonamides is 1. The van der Waals surface area contributed by atoms with E-state index >= 15 is 0 Å². The molecule has 3 rings (SSSR count). The van der Waals surface area contributed by atoms with Crippen LogP contribution in [0.5, 0.6) is 0 Å². The summed E-state index contributed by atoms with van der Waals surface area (Å²) in [6.45, 7) is 6.76. The largest absolute Gasteiger partial charge is 0.335 e. The molecule has 2 aromatic carbocycles. The van der Waals surface area contributed by atoms with Crippen molar-refractivity contribution in [2.75, 3.05) is 13.1 Å². The van der Waals surface area contributed by atoms with Gasteiger partial charge in [0.05, 0.1) is 4.90 Å². The maximum atomic E-state index is 14.1. The van der Waals surface area contributed by atoms with Gasteiger partial charge in [0.1, 0.15) is 5.82 Å². The Morgan fingerprint density at radius 2 is 1.81 bits per heavy atom. The fraction of sp³-hybridized carbons (Fsp3) is 0.435. The molecule has 5 nitrogen and oxygen atoms in total. The summed E-state index contributed by atoms with van der Waals surface area (Å²) in [4.78, 5) is 13.9. The third kappa shape index (κ3) is 4.80. The topological polar surface area (TPSA) is 57.7 Å². The van der Waals surface area contributed by atoms with Gasteiger partial charge in [0.2, 0.25) is 10.0 Å². The molecule has 1 atom stereocenters. The minimum absolute atomic E-state index is 0.121. The van der Waals surface area contributed by atoms with Gasteiger partial charge >= 0.3 is 0 Å². The van der Waals surface area contributed by atoms with Crippen LogP contribution in [0, 0.1) is 5.82 Å². The number of rotatable bonds is 6. The number of alkyl halides is 1. The Morgan fingerprint density at radius 3 is 2.39 bits per heavy atom. The van der Waals surface area contributed by atoms with Crippen molar-refractivity contribution in [2.24, 2.45) is 0 Å². The van der Waals surface area contributed by atoms with Crippen LogP contribution in [0.2, 0.25) is 0 Å². The molecule has 0 unspecified atom stereocenters. The first-order chi connectivity index (χ1) is 14.4. The maximum absolute atomic E-state index is 14.1. The fourth-order valence-electron chi connectivity index (χ4n) is 3.94. The number of amides is 1. The summed E-state index contributed by atoms with van der Waals surface area (Å²) in [5, 5.41) is 0. The minimum Gasteiger partial charge on any atom is -0.335 e. The first-order valence-corrected chi connectivity index (χ1v) is 11.8. The molecule has 0 saturated carbocycles. The van der Waals surface area contributed by atoms with E-state index < -0.39 is 27.6 Å². The van der Waals surface area contributed by atoms with Crippen LogP contribution in [0.1, 0.15) is 50.4 Å². The Bertz CT molecular complexity index is 1060. The van der Waals surface area contributed by atoms with Gasteiger partial charge in [-0.15, -0.1) is 0 Å². The quantitative estimate of drug-likeness (QED) is 0.662. The Kier molecular flexibility index (Phi) is 6.53. The Hall–Kier alpha value is -2.32. The lowest BCUT2D eigenvalue weighted by atomic mass is 9.98. The Balaban J connectivity index is 1.91. The highest BCUT2D eigenvalue weighted by Gasteiger charge is 2.34. The average Bonchev–Trinajstić information content (AvgIpc) is 2.72. The van der Waals surface area contributed by atoms with Gasteiger partial charge in [0.25, 0.3) is 5.91 Å².